The zero-order chi connectivity index (χ0) is 17.2. The highest BCUT2D eigenvalue weighted by Gasteiger charge is 2.22. The molecule has 0 aliphatic carbocycles. The van der Waals surface area contributed by atoms with Gasteiger partial charge in [0.15, 0.2) is 0 Å². The van der Waals surface area contributed by atoms with Crippen LogP contribution in [0.2, 0.25) is 0 Å². The van der Waals surface area contributed by atoms with Crippen LogP contribution in [0, 0.1) is 0 Å². The molecule has 1 fully saturated rings. The first-order valence-corrected chi connectivity index (χ1v) is 8.49. The van der Waals surface area contributed by atoms with Gasteiger partial charge in [-0.1, -0.05) is 30.3 Å². The van der Waals surface area contributed by atoms with E-state index >= 15 is 0 Å². The van der Waals surface area contributed by atoms with E-state index in [0.717, 1.165) is 29.6 Å². The van der Waals surface area contributed by atoms with Gasteiger partial charge >= 0.3 is 0 Å². The largest absolute Gasteiger partial charge is 0.508 e. The molecule has 0 bridgehead atoms. The minimum atomic E-state index is -0.798. The fourth-order valence-corrected chi connectivity index (χ4v) is 3.37. The van der Waals surface area contributed by atoms with Crippen LogP contribution < -0.4 is 0 Å². The molecule has 1 aliphatic rings. The molecule has 1 atom stereocenters. The normalized spacial score (nSPS) is 17.0. The van der Waals surface area contributed by atoms with Crippen LogP contribution in [-0.4, -0.2) is 41.4 Å². The van der Waals surface area contributed by atoms with Gasteiger partial charge < -0.3 is 19.4 Å². The number of morpholine rings is 1. The van der Waals surface area contributed by atoms with Gasteiger partial charge in [-0.3, -0.25) is 4.90 Å². The van der Waals surface area contributed by atoms with Gasteiger partial charge in [-0.25, -0.2) is 0 Å². The Morgan fingerprint density at radius 2 is 1.80 bits per heavy atom. The average molecular weight is 339 g/mol. The molecule has 1 aromatic heterocycles. The molecule has 3 aromatic rings. The molecule has 25 heavy (non-hydrogen) atoms. The Labute approximate surface area is 146 Å². The van der Waals surface area contributed by atoms with E-state index in [2.05, 4.69) is 4.90 Å². The van der Waals surface area contributed by atoms with Crippen molar-refractivity contribution in [3.8, 4) is 5.75 Å². The van der Waals surface area contributed by atoms with Gasteiger partial charge in [0.05, 0.1) is 19.5 Å². The predicted molar refractivity (Wildman–Crippen MR) is 94.5 cm³/mol. The molecular formula is C20H21NO4. The Morgan fingerprint density at radius 1 is 1.04 bits per heavy atom. The van der Waals surface area contributed by atoms with Crippen LogP contribution in [-0.2, 0) is 11.3 Å². The number of nitrogens with zero attached hydrogens (tertiary/aromatic N) is 1. The molecular weight excluding hydrogens is 318 g/mol. The number of aliphatic hydroxyl groups excluding tert-OH is 1. The van der Waals surface area contributed by atoms with Gasteiger partial charge in [-0.05, 0) is 17.7 Å². The molecule has 5 nitrogen and oxygen atoms in total. The van der Waals surface area contributed by atoms with Gasteiger partial charge in [0.1, 0.15) is 17.4 Å². The summed E-state index contributed by atoms with van der Waals surface area (Å²) in [5.74, 6) is 0.224. The molecule has 1 aliphatic heterocycles. The van der Waals surface area contributed by atoms with Gasteiger partial charge in [0, 0.05) is 36.1 Å². The number of ether oxygens (including phenoxy) is 1. The maximum Gasteiger partial charge on any atom is 0.134 e. The van der Waals surface area contributed by atoms with Crippen LogP contribution in [0.3, 0.4) is 0 Å². The van der Waals surface area contributed by atoms with Crippen molar-refractivity contribution in [1.82, 2.24) is 4.90 Å². The van der Waals surface area contributed by atoms with Gasteiger partial charge in [-0.2, -0.15) is 0 Å². The highest BCUT2D eigenvalue weighted by atomic mass is 16.5. The molecule has 0 spiro atoms. The molecule has 0 radical (unpaired) electrons. The summed E-state index contributed by atoms with van der Waals surface area (Å²) in [6.45, 7) is 3.64. The van der Waals surface area contributed by atoms with Gasteiger partial charge in [0.2, 0.25) is 0 Å². The van der Waals surface area contributed by atoms with Crippen molar-refractivity contribution in [2.75, 3.05) is 26.3 Å². The minimum absolute atomic E-state index is 0.224. The number of hydrogen-bond acceptors (Lipinski definition) is 5. The fraction of sp³-hybridized carbons (Fsp3) is 0.300. The van der Waals surface area contributed by atoms with Crippen molar-refractivity contribution < 1.29 is 19.4 Å². The number of fused-ring (bicyclic) bond motifs is 1. The first-order valence-electron chi connectivity index (χ1n) is 8.49. The summed E-state index contributed by atoms with van der Waals surface area (Å²) in [6.07, 6.45) is 0.789. The van der Waals surface area contributed by atoms with E-state index in [-0.39, 0.29) is 5.75 Å². The molecule has 0 saturated carbocycles. The average Bonchev–Trinajstić information content (AvgIpc) is 3.09. The number of phenolic OH excluding ortho intramolecular Hbond substituents is 1. The number of furan rings is 1. The molecule has 0 amide bonds. The Bertz CT molecular complexity index is 853. The number of phenols is 1. The number of benzene rings is 2. The van der Waals surface area contributed by atoms with Crippen molar-refractivity contribution in [1.29, 1.82) is 0 Å². The third-order valence-corrected chi connectivity index (χ3v) is 4.75. The highest BCUT2D eigenvalue weighted by Crippen LogP contribution is 2.37. The maximum absolute atomic E-state index is 10.8. The van der Waals surface area contributed by atoms with E-state index in [1.807, 2.05) is 30.3 Å². The Kier molecular flexibility index (Phi) is 4.44. The number of aliphatic hydroxyl groups is 1. The smallest absolute Gasteiger partial charge is 0.134 e. The third kappa shape index (κ3) is 3.14. The molecule has 4 rings (SSSR count). The molecule has 130 valence electrons. The summed E-state index contributed by atoms with van der Waals surface area (Å²) in [6, 6.07) is 12.9. The summed E-state index contributed by atoms with van der Waals surface area (Å²) in [5.41, 5.74) is 2.94. The summed E-state index contributed by atoms with van der Waals surface area (Å²) in [4.78, 5) is 2.24. The van der Waals surface area contributed by atoms with Gasteiger partial charge in [-0.15, -0.1) is 0 Å². The predicted octanol–water partition coefficient (Wildman–Crippen LogP) is 3.05. The van der Waals surface area contributed by atoms with Gasteiger partial charge in [0.25, 0.3) is 0 Å². The summed E-state index contributed by atoms with van der Waals surface area (Å²) in [7, 11) is 0. The van der Waals surface area contributed by atoms with E-state index < -0.39 is 6.10 Å². The molecule has 0 unspecified atom stereocenters. The fourth-order valence-electron chi connectivity index (χ4n) is 3.37. The standard InChI is InChI=1S/C20H21NO4/c22-17-6-7-18-19(15(17)12-21-8-10-24-11-9-21)16(13-25-18)20(23)14-4-2-1-3-5-14/h1-7,13,20,22-23H,8-12H2/t20-/m1/s1. The number of rotatable bonds is 4. The molecule has 2 heterocycles. The molecule has 1 saturated heterocycles. The Morgan fingerprint density at radius 3 is 2.56 bits per heavy atom. The lowest BCUT2D eigenvalue weighted by atomic mass is 9.97. The van der Waals surface area contributed by atoms with E-state index in [4.69, 9.17) is 9.15 Å². The second-order valence-corrected chi connectivity index (χ2v) is 6.33. The topological polar surface area (TPSA) is 66.1 Å². The summed E-state index contributed by atoms with van der Waals surface area (Å²) < 4.78 is 11.1. The SMILES string of the molecule is Oc1ccc2occ([C@H](O)c3ccccc3)c2c1CN1CCOCC1. The van der Waals surface area contributed by atoms with Crippen LogP contribution in [0.5, 0.6) is 5.75 Å². The first-order chi connectivity index (χ1) is 12.2. The number of hydrogen-bond donors (Lipinski definition) is 2. The molecule has 2 N–H and O–H groups in total. The zero-order valence-corrected chi connectivity index (χ0v) is 13.9. The third-order valence-electron chi connectivity index (χ3n) is 4.75. The van der Waals surface area contributed by atoms with Crippen molar-refractivity contribution in [3.05, 3.63) is 65.4 Å². The Balaban J connectivity index is 1.76. The molecule has 5 heteroatoms. The Hall–Kier alpha value is -2.34. The van der Waals surface area contributed by atoms with Crippen molar-refractivity contribution in [2.24, 2.45) is 0 Å². The molecule has 2 aromatic carbocycles. The van der Waals surface area contributed by atoms with E-state index in [9.17, 15) is 10.2 Å². The highest BCUT2D eigenvalue weighted by molar-refractivity contribution is 5.87. The van der Waals surface area contributed by atoms with Crippen molar-refractivity contribution in [2.45, 2.75) is 12.6 Å². The maximum atomic E-state index is 10.8. The second-order valence-electron chi connectivity index (χ2n) is 6.33. The van der Waals surface area contributed by atoms with Crippen LogP contribution >= 0.6 is 0 Å². The van der Waals surface area contributed by atoms with E-state index in [1.165, 1.54) is 0 Å². The van der Waals surface area contributed by atoms with Crippen LogP contribution in [0.4, 0.5) is 0 Å². The van der Waals surface area contributed by atoms with Crippen molar-refractivity contribution in [3.63, 3.8) is 0 Å². The van der Waals surface area contributed by atoms with Crippen molar-refractivity contribution >= 4 is 11.0 Å². The monoisotopic (exact) mass is 339 g/mol. The van der Waals surface area contributed by atoms with E-state index in [1.54, 1.807) is 18.4 Å². The lowest BCUT2D eigenvalue weighted by Crippen LogP contribution is -2.35. The lowest BCUT2D eigenvalue weighted by molar-refractivity contribution is 0.0340. The summed E-state index contributed by atoms with van der Waals surface area (Å²) >= 11 is 0. The minimum Gasteiger partial charge on any atom is -0.508 e. The zero-order valence-electron chi connectivity index (χ0n) is 13.9. The van der Waals surface area contributed by atoms with Crippen LogP contribution in [0.15, 0.2) is 53.1 Å². The van der Waals surface area contributed by atoms with E-state index in [0.29, 0.717) is 30.9 Å². The quantitative estimate of drug-likeness (QED) is 0.765. The van der Waals surface area contributed by atoms with Crippen LogP contribution in [0.1, 0.15) is 22.8 Å². The second kappa shape index (κ2) is 6.88. The summed E-state index contributed by atoms with van der Waals surface area (Å²) in [5, 5.41) is 22.1. The first kappa shape index (κ1) is 16.1. The lowest BCUT2D eigenvalue weighted by Gasteiger charge is -2.27. The number of aromatic hydroxyl groups is 1. The van der Waals surface area contributed by atoms with Crippen LogP contribution in [0.25, 0.3) is 11.0 Å².